The lowest BCUT2D eigenvalue weighted by atomic mass is 10.1. The Hall–Kier alpha value is -0.670. The van der Waals surface area contributed by atoms with E-state index in [1.165, 1.54) is 0 Å². The first-order chi connectivity index (χ1) is 6.69. The highest BCUT2D eigenvalue weighted by Gasteiger charge is 2.05. The second-order valence-electron chi connectivity index (χ2n) is 3.15. The Morgan fingerprint density at radius 3 is 2.71 bits per heavy atom. The van der Waals surface area contributed by atoms with Crippen LogP contribution < -0.4 is 10.1 Å². The first-order valence-corrected chi connectivity index (χ1v) is 5.29. The molecule has 0 radical (unpaired) electrons. The molecular formula is C11H17NOS. The van der Waals surface area contributed by atoms with Gasteiger partial charge in [-0.15, -0.1) is 0 Å². The molecule has 0 aliphatic carbocycles. The molecule has 14 heavy (non-hydrogen) atoms. The molecule has 0 saturated carbocycles. The summed E-state index contributed by atoms with van der Waals surface area (Å²) in [7, 11) is 1.89. The number of ether oxygens (including phenoxy) is 1. The summed E-state index contributed by atoms with van der Waals surface area (Å²) < 4.78 is 5.46. The van der Waals surface area contributed by atoms with Crippen molar-refractivity contribution in [2.75, 3.05) is 13.7 Å². The molecule has 0 aliphatic rings. The second-order valence-corrected chi connectivity index (χ2v) is 3.67. The maximum atomic E-state index is 5.46. The molecule has 0 heterocycles. The molecule has 1 aromatic carbocycles. The van der Waals surface area contributed by atoms with E-state index < -0.39 is 0 Å². The minimum Gasteiger partial charge on any atom is -0.494 e. The van der Waals surface area contributed by atoms with Gasteiger partial charge in [0.05, 0.1) is 12.0 Å². The molecule has 1 rings (SSSR count). The number of hydrogen-bond acceptors (Lipinski definition) is 3. The van der Waals surface area contributed by atoms with E-state index >= 15 is 0 Å². The Morgan fingerprint density at radius 1 is 1.50 bits per heavy atom. The van der Waals surface area contributed by atoms with E-state index in [1.54, 1.807) is 0 Å². The van der Waals surface area contributed by atoms with Gasteiger partial charge in [-0.05, 0) is 44.2 Å². The fourth-order valence-electron chi connectivity index (χ4n) is 1.33. The number of hydrogen-bond donors (Lipinski definition) is 2. The quantitative estimate of drug-likeness (QED) is 0.590. The number of rotatable bonds is 4. The summed E-state index contributed by atoms with van der Waals surface area (Å²) in [4.78, 5) is 0. The number of thiol groups is 1. The van der Waals surface area contributed by atoms with Crippen molar-refractivity contribution in [3.63, 3.8) is 0 Å². The van der Waals surface area contributed by atoms with Crippen LogP contribution in [0.15, 0.2) is 18.2 Å². The van der Waals surface area contributed by atoms with Crippen LogP contribution >= 0.6 is 12.6 Å². The summed E-state index contributed by atoms with van der Waals surface area (Å²) in [6.07, 6.45) is 0. The zero-order valence-corrected chi connectivity index (χ0v) is 9.77. The Kier molecular flexibility index (Phi) is 4.29. The molecule has 1 aromatic rings. The van der Waals surface area contributed by atoms with E-state index in [-0.39, 0.29) is 5.37 Å². The minimum atomic E-state index is 0.0874. The summed E-state index contributed by atoms with van der Waals surface area (Å²) in [5.74, 6) is 0.952. The predicted molar refractivity (Wildman–Crippen MR) is 63.1 cm³/mol. The van der Waals surface area contributed by atoms with E-state index in [1.807, 2.05) is 33.0 Å². The van der Waals surface area contributed by atoms with Crippen molar-refractivity contribution in [2.24, 2.45) is 0 Å². The van der Waals surface area contributed by atoms with Crippen LogP contribution in [-0.2, 0) is 0 Å². The second kappa shape index (κ2) is 5.27. The SMILES string of the molecule is CCOc1ccc(C(S)NC)cc1C. The van der Waals surface area contributed by atoms with Crippen molar-refractivity contribution < 1.29 is 4.74 Å². The monoisotopic (exact) mass is 211 g/mol. The molecule has 0 amide bonds. The summed E-state index contributed by atoms with van der Waals surface area (Å²) in [5, 5.41) is 3.17. The lowest BCUT2D eigenvalue weighted by Gasteiger charge is -2.13. The van der Waals surface area contributed by atoms with Gasteiger partial charge in [-0.3, -0.25) is 0 Å². The van der Waals surface area contributed by atoms with Crippen molar-refractivity contribution in [3.8, 4) is 5.75 Å². The molecule has 1 unspecified atom stereocenters. The first-order valence-electron chi connectivity index (χ1n) is 4.77. The number of aryl methyl sites for hydroxylation is 1. The molecular weight excluding hydrogens is 194 g/mol. The van der Waals surface area contributed by atoms with Gasteiger partial charge < -0.3 is 10.1 Å². The molecule has 0 aliphatic heterocycles. The first kappa shape index (κ1) is 11.4. The van der Waals surface area contributed by atoms with Crippen LogP contribution in [0.3, 0.4) is 0 Å². The molecule has 3 heteroatoms. The van der Waals surface area contributed by atoms with Crippen LogP contribution in [0.5, 0.6) is 5.75 Å². The van der Waals surface area contributed by atoms with Crippen LogP contribution in [-0.4, -0.2) is 13.7 Å². The summed E-state index contributed by atoms with van der Waals surface area (Å²) >= 11 is 4.40. The Bertz CT molecular complexity index is 301. The van der Waals surface area contributed by atoms with Gasteiger partial charge in [-0.25, -0.2) is 0 Å². The Balaban J connectivity index is 2.88. The molecule has 0 bridgehead atoms. The van der Waals surface area contributed by atoms with Gasteiger partial charge in [0.2, 0.25) is 0 Å². The number of benzene rings is 1. The third-order valence-electron chi connectivity index (χ3n) is 2.09. The Labute approximate surface area is 91.1 Å². The molecule has 0 saturated heterocycles. The molecule has 78 valence electrons. The zero-order valence-electron chi connectivity index (χ0n) is 8.87. The molecule has 0 spiro atoms. The van der Waals surface area contributed by atoms with E-state index in [4.69, 9.17) is 4.74 Å². The summed E-state index contributed by atoms with van der Waals surface area (Å²) in [6.45, 7) is 4.74. The highest BCUT2D eigenvalue weighted by atomic mass is 32.1. The van der Waals surface area contributed by atoms with Crippen molar-refractivity contribution >= 4 is 12.6 Å². The molecule has 1 atom stereocenters. The highest BCUT2D eigenvalue weighted by Crippen LogP contribution is 2.24. The smallest absolute Gasteiger partial charge is 0.122 e. The average molecular weight is 211 g/mol. The average Bonchev–Trinajstić information content (AvgIpc) is 2.20. The maximum Gasteiger partial charge on any atom is 0.122 e. The van der Waals surface area contributed by atoms with Gasteiger partial charge in [0.15, 0.2) is 0 Å². The summed E-state index contributed by atoms with van der Waals surface area (Å²) in [5.41, 5.74) is 2.32. The van der Waals surface area contributed by atoms with Crippen molar-refractivity contribution in [3.05, 3.63) is 29.3 Å². The fraction of sp³-hybridized carbons (Fsp3) is 0.455. The predicted octanol–water partition coefficient (Wildman–Crippen LogP) is 2.54. The lowest BCUT2D eigenvalue weighted by Crippen LogP contribution is -2.10. The minimum absolute atomic E-state index is 0.0874. The molecule has 1 N–H and O–H groups in total. The fourth-order valence-corrected chi connectivity index (χ4v) is 1.49. The van der Waals surface area contributed by atoms with Crippen LogP contribution in [0.1, 0.15) is 23.4 Å². The van der Waals surface area contributed by atoms with Crippen molar-refractivity contribution in [1.82, 2.24) is 5.32 Å². The number of nitrogens with one attached hydrogen (secondary N) is 1. The molecule has 2 nitrogen and oxygen atoms in total. The van der Waals surface area contributed by atoms with Gasteiger partial charge in [-0.2, -0.15) is 12.6 Å². The van der Waals surface area contributed by atoms with E-state index in [2.05, 4.69) is 24.0 Å². The largest absolute Gasteiger partial charge is 0.494 e. The van der Waals surface area contributed by atoms with Gasteiger partial charge in [-0.1, -0.05) is 6.07 Å². The van der Waals surface area contributed by atoms with E-state index in [0.717, 1.165) is 16.9 Å². The van der Waals surface area contributed by atoms with Crippen LogP contribution in [0.25, 0.3) is 0 Å². The van der Waals surface area contributed by atoms with Gasteiger partial charge in [0.25, 0.3) is 0 Å². The molecule has 0 fully saturated rings. The van der Waals surface area contributed by atoms with Crippen LogP contribution in [0, 0.1) is 6.92 Å². The third kappa shape index (κ3) is 2.66. The highest BCUT2D eigenvalue weighted by molar-refractivity contribution is 7.80. The normalized spacial score (nSPS) is 12.6. The molecule has 0 aromatic heterocycles. The maximum absolute atomic E-state index is 5.46. The van der Waals surface area contributed by atoms with E-state index in [0.29, 0.717) is 6.61 Å². The third-order valence-corrected chi connectivity index (χ3v) is 2.64. The van der Waals surface area contributed by atoms with Crippen molar-refractivity contribution in [2.45, 2.75) is 19.2 Å². The lowest BCUT2D eigenvalue weighted by molar-refractivity contribution is 0.338. The topological polar surface area (TPSA) is 21.3 Å². The van der Waals surface area contributed by atoms with Crippen LogP contribution in [0.2, 0.25) is 0 Å². The van der Waals surface area contributed by atoms with Crippen LogP contribution in [0.4, 0.5) is 0 Å². The van der Waals surface area contributed by atoms with Gasteiger partial charge in [0.1, 0.15) is 5.75 Å². The van der Waals surface area contributed by atoms with Crippen molar-refractivity contribution in [1.29, 1.82) is 0 Å². The van der Waals surface area contributed by atoms with Gasteiger partial charge >= 0.3 is 0 Å². The Morgan fingerprint density at radius 2 is 2.21 bits per heavy atom. The standard InChI is InChI=1S/C11H17NOS/c1-4-13-10-6-5-9(7-8(10)2)11(14)12-3/h5-7,11-12,14H,4H2,1-3H3. The zero-order chi connectivity index (χ0) is 10.6. The van der Waals surface area contributed by atoms with Gasteiger partial charge in [0, 0.05) is 0 Å². The summed E-state index contributed by atoms with van der Waals surface area (Å²) in [6, 6.07) is 6.13. The van der Waals surface area contributed by atoms with E-state index in [9.17, 15) is 0 Å².